The van der Waals surface area contributed by atoms with Crippen LogP contribution in [0.3, 0.4) is 0 Å². The van der Waals surface area contributed by atoms with Crippen LogP contribution in [-0.2, 0) is 6.54 Å². The fraction of sp³-hybridized carbons (Fsp3) is 0.426. The van der Waals surface area contributed by atoms with Crippen LogP contribution in [0.1, 0.15) is 419 Å². The summed E-state index contributed by atoms with van der Waals surface area (Å²) in [6, 6.07) is 27.2. The van der Waals surface area contributed by atoms with Crippen molar-refractivity contribution in [3.63, 3.8) is 0 Å². The third-order valence-corrected chi connectivity index (χ3v) is 19.6. The molecule has 3 aromatic carbocycles. The van der Waals surface area contributed by atoms with Crippen molar-refractivity contribution in [2.75, 3.05) is 0 Å². The third kappa shape index (κ3) is 14.7. The van der Waals surface area contributed by atoms with Gasteiger partial charge in [0.25, 0.3) is 0 Å². The zero-order valence-corrected chi connectivity index (χ0v) is 53.6. The van der Waals surface area contributed by atoms with E-state index in [1.54, 1.807) is 42.9 Å². The quantitative estimate of drug-likeness (QED) is 0.0869. The number of carbonyl (C=O) groups excluding carboxylic acids is 2. The minimum atomic E-state index is -0.510. The summed E-state index contributed by atoms with van der Waals surface area (Å²) < 4.78 is 697. The monoisotopic (exact) mass is 1520 g/mol. The number of halogens is 7. The molecule has 5 heterocycles. The number of carbonyl (C=O) groups is 2. The maximum Gasteiger partial charge on any atom is 1.00 e. The maximum absolute atomic E-state index is 14.3. The fourth-order valence-corrected chi connectivity index (χ4v) is 14.3. The molecule has 0 spiro atoms. The van der Waals surface area contributed by atoms with Gasteiger partial charge in [0.1, 0.15) is 23.1 Å². The molecule has 18 heteroatoms. The van der Waals surface area contributed by atoms with Crippen LogP contribution in [0.4, 0.5) is 13.2 Å². The molecule has 1 unspecified atom stereocenters. The molecule has 86 heavy (non-hydrogen) atoms. The van der Waals surface area contributed by atoms with Crippen LogP contribution in [-0.4, -0.2) is 48.8 Å². The molecule has 5 aromatic heterocycles. The molecule has 6 fully saturated rings. The van der Waals surface area contributed by atoms with E-state index in [-0.39, 0.29) is 118 Å². The van der Waals surface area contributed by atoms with Crippen LogP contribution in [0.5, 0.6) is 0 Å². The predicted molar refractivity (Wildman–Crippen MR) is 474 cm³/mol. The van der Waals surface area contributed by atoms with Gasteiger partial charge < -0.3 is 16.7 Å². The number of hydrogen-bond acceptors (Lipinski definition) is 7. The molecule has 0 amide bonds. The molecule has 0 bridgehead atoms. The second-order valence-electron chi connectivity index (χ2n) is 24.3. The Morgan fingerprint density at radius 1 is 0.547 bits per heavy atom. The standard InChI is InChI=1S/C23H24ClFN2O.C23H22ClFN2O.C22H24ClFN2O.B.ClH.Na.66H2.H/c2*24-17-7-9-19(21(25)11-17)14-3-5-16(6-4-14)23(28)22-20(15-1-2-15)10-8-18-12-26-13-27(18)22;23-16-7-9-18(20(24)11-16)13-3-5-15(6-4-13)22(27)21-19(14-1-2-14)10-8-17(12-25)26-21;;;;;;;;;;;;;;;;;;;;;;;;;;;;;;;;;;;;;;;;;;;;;;;;;;;;;;;;;;;;;;;;;;;;;;/h7-16,23,28H,1-6H2;7-16H,1-6H2;7-11,13-15H,1-6,12,25H2;;1H;;66*1H;/q;;;;;+1;;;;;;;;;;;;;;;;;;;;;;;;;;;;;;;;;;;;;;;;;;;;;;;;;;;;;;;;;;;;;;;;;;;-1/i;;;;;;65*1+1D;1+1;. The Hall–Kier alpha value is -4.54. The van der Waals surface area contributed by atoms with Gasteiger partial charge in [-0.2, -0.15) is 0 Å². The van der Waals surface area contributed by atoms with Crippen molar-refractivity contribution in [1.82, 2.24) is 23.8 Å². The van der Waals surface area contributed by atoms with Crippen molar-refractivity contribution < 1.29 is 253 Å². The molecule has 3 radical (unpaired) electrons. The minimum absolute atomic E-state index is 0. The Balaban J connectivity index is -0.0000000222. The summed E-state index contributed by atoms with van der Waals surface area (Å²) in [6.45, 7) is 0.341. The van der Waals surface area contributed by atoms with E-state index in [0.717, 1.165) is 148 Å². The molecular weight excluding hydrogens is 1180 g/mol. The summed E-state index contributed by atoms with van der Waals surface area (Å²) in [7, 11) is 0. The number of aromatic nitrogens is 5. The van der Waals surface area contributed by atoms with Crippen molar-refractivity contribution in [3.05, 3.63) is 205 Å². The van der Waals surface area contributed by atoms with Crippen LogP contribution in [0, 0.1) is 35.2 Å². The van der Waals surface area contributed by atoms with Gasteiger partial charge in [-0.1, -0.05) is 71.2 Å². The Morgan fingerprint density at radius 3 is 1.38 bits per heavy atom. The number of nitrogens with zero attached hydrogens (tertiary/aromatic N) is 5. The molecular formula is C68H204BCl4F3N6NaO3. The van der Waals surface area contributed by atoms with Gasteiger partial charge in [-0.05, 0) is 245 Å². The summed E-state index contributed by atoms with van der Waals surface area (Å²) in [4.78, 5) is 39.8. The molecule has 0 saturated heterocycles. The van der Waals surface area contributed by atoms with Crippen LogP contribution in [0.2, 0.25) is 15.1 Å². The van der Waals surface area contributed by atoms with Crippen LogP contribution in [0.25, 0.3) is 11.0 Å². The van der Waals surface area contributed by atoms with Crippen molar-refractivity contribution in [1.29, 1.82) is 0 Å². The summed E-state index contributed by atoms with van der Waals surface area (Å²) in [5.41, 5.74) is 16.7. The minimum Gasteiger partial charge on any atom is -1.00 e. The first-order valence-electron chi connectivity index (χ1n) is 95.0. The number of Topliss-reactive ketones (excluding diaryl/α,β-unsaturated/α-hetero) is 2. The molecule has 6 saturated carbocycles. The number of aliphatic hydroxyl groups is 1. The van der Waals surface area contributed by atoms with E-state index in [2.05, 4.69) is 43.6 Å². The fourth-order valence-electron chi connectivity index (χ4n) is 13.8. The maximum atomic E-state index is 14.3. The first kappa shape index (κ1) is 22.1. The smallest absolute Gasteiger partial charge is 1.00 e. The van der Waals surface area contributed by atoms with Crippen LogP contribution < -0.4 is 35.3 Å². The topological polar surface area (TPSA) is 128 Å². The average molecular weight is 1520 g/mol. The van der Waals surface area contributed by atoms with Crippen molar-refractivity contribution in [2.45, 2.75) is 164 Å². The molecule has 14 rings (SSSR count). The van der Waals surface area contributed by atoms with Gasteiger partial charge in [0, 0.05) is 236 Å². The number of pyridine rings is 3. The van der Waals surface area contributed by atoms with Gasteiger partial charge in [-0.3, -0.25) is 14.0 Å². The van der Waals surface area contributed by atoms with Gasteiger partial charge in [0.2, 0.25) is 0 Å². The number of rotatable bonds is 13. The molecule has 6 aliphatic carbocycles. The normalized spacial score (nSPS) is 28.2. The largest absolute Gasteiger partial charge is 1.00 e. The third-order valence-electron chi connectivity index (χ3n) is 18.9. The number of fused-ring (bicyclic) bond motifs is 2. The molecule has 8 aromatic rings. The molecule has 1 atom stereocenters. The molecule has 577 valence electrons. The molecule has 6 aliphatic rings. The van der Waals surface area contributed by atoms with Gasteiger partial charge >= 0.3 is 29.6 Å². The van der Waals surface area contributed by atoms with Crippen molar-refractivity contribution in [3.8, 4) is 0 Å². The van der Waals surface area contributed by atoms with Gasteiger partial charge in [0.15, 0.2) is 11.6 Å². The van der Waals surface area contributed by atoms with Crippen LogP contribution in [0.15, 0.2) is 116 Å². The van der Waals surface area contributed by atoms with Crippen LogP contribution >= 0.6 is 47.2 Å². The zero-order valence-electron chi connectivity index (χ0n) is 180. The van der Waals surface area contributed by atoms with E-state index in [4.69, 9.17) is 234 Å². The van der Waals surface area contributed by atoms with E-state index in [1.165, 1.54) is 42.2 Å². The average Bonchev–Trinajstić information content (AvgIpc) is 1.61. The van der Waals surface area contributed by atoms with Gasteiger partial charge in [-0.15, -0.1) is 12.4 Å². The van der Waals surface area contributed by atoms with E-state index in [9.17, 15) is 27.9 Å². The van der Waals surface area contributed by atoms with E-state index in [0.29, 0.717) is 50.6 Å². The molecule has 0 aliphatic heterocycles. The van der Waals surface area contributed by atoms with E-state index >= 15 is 0 Å². The van der Waals surface area contributed by atoms with Crippen molar-refractivity contribution >= 4 is 78.2 Å². The van der Waals surface area contributed by atoms with Gasteiger partial charge in [-0.25, -0.2) is 28.1 Å². The molecule has 9 nitrogen and oxygen atoms in total. The predicted octanol–water partition coefficient (Wildman–Crippen LogP) is 30.9. The Bertz CT molecular complexity index is 3890. The number of nitrogens with two attached hydrogens (primary N) is 1. The van der Waals surface area contributed by atoms with Crippen molar-refractivity contribution in [2.24, 2.45) is 23.5 Å². The SMILES string of the molecule is Cl.NCc1ccc(C2CC2)c(C(=O)C2CCC(c3ccc(Cl)cc3F)CC2)n1.O=C(c1c(C2CC2)ccc2cncn12)C1CCC(c2ccc(Cl)cc2F)CC1.OC(c1c(C2CC2)ccc2cncn12)C1CCC(c2ccc(Cl)cc2F)CC1.[2HH].[2H][2H].[2H][2H].[2H][2H].[2H][2H].[2H][2H].[2H][2H].[2H][2H].[2H][2H].[2H][2H].[2H][2H].[2H][2H].[2H][2H].[2H][2H].[2H][2H].[2H][2H].[2H][2H].[2H][2H].[2H][2H].[2H][2H].[2H][2H].[2H][2H].[2H][2H].[2H][2H].[2H][2H].[2H][2H].[2H][2H].[2H][2H].[2H][2H].[2H][2H].[2H][2H].[2H][2H].[2H][2H].[2H][2H].[2H][2H].[2H][2H].[2H][2H].[2H][2H].[2H][2H].[2H][2H].[2H][2H].[2H][2H].[2H][2H].[2H][2H].[2H][2H].[2H][2H].[2H][2H].[2H][2H].[2H][2H].[2H][2H].[2H][2H].[2H][2H].[2H][2H].[2H][2H].[2H][2H].[2H][2H].[2H][2H].[2H][2H].[2H][2H].[2H][2H].[2H][2H].[2H][2H].[2H][2H].[2H][2H].[2H][2H].[2H][2H].[B].[H-].[Na+]. The number of benzene rings is 3. The summed E-state index contributed by atoms with van der Waals surface area (Å²) in [5, 5.41) is 12.6. The first-order chi connectivity index (χ1) is 105. The van der Waals surface area contributed by atoms with E-state index < -0.39 is 6.10 Å². The summed E-state index contributed by atoms with van der Waals surface area (Å²) >= 11 is 17.6. The number of hydrogen-bond donors (Lipinski definition) is 2. The molecule has 3 N–H and O–H groups in total. The summed E-state index contributed by atoms with van der Waals surface area (Å²) in [6.07, 6.45) is 23.6. The van der Waals surface area contributed by atoms with E-state index in [1.807, 2.05) is 35.1 Å². The van der Waals surface area contributed by atoms with Gasteiger partial charge in [0.05, 0.1) is 59.3 Å². The Kier molecular flexibility index (Phi) is 7.44. The number of aliphatic hydroxyl groups excluding tert-OH is 1. The number of ketones is 2. The zero-order chi connectivity index (χ0) is 187. The number of imidazole rings is 2. The Labute approximate surface area is 750 Å². The Morgan fingerprint density at radius 2 is 0.919 bits per heavy atom. The second kappa shape index (κ2) is 29.0. The second-order valence-corrected chi connectivity index (χ2v) is 25.6. The first-order valence-corrected chi connectivity index (χ1v) is 31.1. The summed E-state index contributed by atoms with van der Waals surface area (Å²) in [5.74, 6) is 1.89.